The van der Waals surface area contributed by atoms with Crippen LogP contribution in [0.1, 0.15) is 15.4 Å². The molecule has 2 rings (SSSR count). The molecular weight excluding hydrogens is 200 g/mol. The summed E-state index contributed by atoms with van der Waals surface area (Å²) in [5.41, 5.74) is 7.17. The predicted octanol–water partition coefficient (Wildman–Crippen LogP) is 1.45. The number of nitrogens with two attached hydrogens (primary N) is 1. The van der Waals surface area contributed by atoms with Crippen molar-refractivity contribution in [1.82, 2.24) is 4.98 Å². The van der Waals surface area contributed by atoms with Gasteiger partial charge in [-0.2, -0.15) is 0 Å². The smallest absolute Gasteiger partial charge is 0.365 e. The lowest BCUT2D eigenvalue weighted by molar-refractivity contribution is 0.0696. The lowest BCUT2D eigenvalue weighted by atomic mass is 10.2. The summed E-state index contributed by atoms with van der Waals surface area (Å²) < 4.78 is 0.868. The highest BCUT2D eigenvalue weighted by Crippen LogP contribution is 2.25. The largest absolute Gasteiger partial charge is 0.476 e. The first-order chi connectivity index (χ1) is 6.72. The highest BCUT2D eigenvalue weighted by atomic mass is 32.1. The van der Waals surface area contributed by atoms with Crippen LogP contribution in [0, 0.1) is 0 Å². The van der Waals surface area contributed by atoms with E-state index in [2.05, 4.69) is 4.98 Å². The molecule has 1 aromatic heterocycles. The summed E-state index contributed by atoms with van der Waals surface area (Å²) in [5.74, 6) is -0.992. The third kappa shape index (κ3) is 1.36. The molecule has 1 heterocycles. The number of carbonyl (C=O) groups is 1. The third-order valence-electron chi connectivity index (χ3n) is 1.90. The number of hydrogen-bond donors (Lipinski definition) is 2. The molecule has 0 saturated heterocycles. The van der Waals surface area contributed by atoms with Gasteiger partial charge in [0, 0.05) is 6.54 Å². The van der Waals surface area contributed by atoms with Crippen LogP contribution in [-0.2, 0) is 6.54 Å². The Bertz CT molecular complexity index is 493. The molecule has 0 aliphatic rings. The number of aromatic nitrogens is 1. The van der Waals surface area contributed by atoms with Gasteiger partial charge in [0.2, 0.25) is 5.01 Å². The van der Waals surface area contributed by atoms with Crippen LogP contribution in [0.2, 0.25) is 0 Å². The van der Waals surface area contributed by atoms with Gasteiger partial charge in [0.1, 0.15) is 0 Å². The Kier molecular flexibility index (Phi) is 2.18. The van der Waals surface area contributed by atoms with E-state index in [1.54, 1.807) is 6.07 Å². The second-order valence-corrected chi connectivity index (χ2v) is 3.79. The summed E-state index contributed by atoms with van der Waals surface area (Å²) >= 11 is 1.17. The summed E-state index contributed by atoms with van der Waals surface area (Å²) in [5, 5.41) is 8.88. The summed E-state index contributed by atoms with van der Waals surface area (Å²) in [6.07, 6.45) is 0. The number of aromatic carboxylic acids is 1. The second-order valence-electron chi connectivity index (χ2n) is 2.79. The molecule has 14 heavy (non-hydrogen) atoms. The topological polar surface area (TPSA) is 76.2 Å². The fourth-order valence-corrected chi connectivity index (χ4v) is 2.18. The number of benzene rings is 1. The zero-order chi connectivity index (χ0) is 10.1. The van der Waals surface area contributed by atoms with Crippen LogP contribution in [0.4, 0.5) is 0 Å². The molecule has 0 aliphatic heterocycles. The van der Waals surface area contributed by atoms with E-state index >= 15 is 0 Å². The molecule has 0 saturated carbocycles. The monoisotopic (exact) mass is 208 g/mol. The van der Waals surface area contributed by atoms with Crippen molar-refractivity contribution in [2.75, 3.05) is 0 Å². The fourth-order valence-electron chi connectivity index (χ4n) is 1.26. The van der Waals surface area contributed by atoms with Crippen LogP contribution in [0.15, 0.2) is 18.2 Å². The summed E-state index contributed by atoms with van der Waals surface area (Å²) in [6.45, 7) is 0.401. The van der Waals surface area contributed by atoms with Gasteiger partial charge in [0.05, 0.1) is 10.2 Å². The molecule has 0 radical (unpaired) electrons. The Hall–Kier alpha value is -1.46. The maximum absolute atomic E-state index is 10.7. The minimum Gasteiger partial charge on any atom is -0.476 e. The van der Waals surface area contributed by atoms with Gasteiger partial charge in [-0.3, -0.25) is 0 Å². The molecule has 4 nitrogen and oxygen atoms in total. The van der Waals surface area contributed by atoms with Crippen molar-refractivity contribution < 1.29 is 9.90 Å². The van der Waals surface area contributed by atoms with Gasteiger partial charge in [-0.05, 0) is 11.6 Å². The first-order valence-corrected chi connectivity index (χ1v) is 4.86. The van der Waals surface area contributed by atoms with E-state index in [4.69, 9.17) is 10.8 Å². The average molecular weight is 208 g/mol. The van der Waals surface area contributed by atoms with Gasteiger partial charge >= 0.3 is 5.97 Å². The fraction of sp³-hybridized carbons (Fsp3) is 0.111. The van der Waals surface area contributed by atoms with Gasteiger partial charge in [-0.1, -0.05) is 12.1 Å². The Balaban J connectivity index is 2.70. The Morgan fingerprint density at radius 1 is 1.57 bits per heavy atom. The standard InChI is InChI=1S/C9H8N2O2S/c10-4-5-2-1-3-6-7(5)14-8(11-6)9(12)13/h1-3H,4,10H2,(H,12,13). The molecule has 3 N–H and O–H groups in total. The molecule has 0 unspecified atom stereocenters. The van der Waals surface area contributed by atoms with Crippen LogP contribution in [-0.4, -0.2) is 16.1 Å². The van der Waals surface area contributed by atoms with Gasteiger partial charge in [-0.15, -0.1) is 11.3 Å². The van der Waals surface area contributed by atoms with E-state index in [0.717, 1.165) is 10.3 Å². The van der Waals surface area contributed by atoms with E-state index < -0.39 is 5.97 Å². The molecule has 0 atom stereocenters. The maximum Gasteiger partial charge on any atom is 0.365 e. The number of carboxylic acids is 1. The third-order valence-corrected chi connectivity index (χ3v) is 3.03. The Morgan fingerprint density at radius 3 is 3.00 bits per heavy atom. The van der Waals surface area contributed by atoms with Crippen molar-refractivity contribution in [3.05, 3.63) is 28.8 Å². The number of thiazole rings is 1. The maximum atomic E-state index is 10.7. The van der Waals surface area contributed by atoms with Crippen LogP contribution in [0.5, 0.6) is 0 Å². The molecule has 0 amide bonds. The molecular formula is C9H8N2O2S. The van der Waals surface area contributed by atoms with E-state index in [-0.39, 0.29) is 5.01 Å². The highest BCUT2D eigenvalue weighted by molar-refractivity contribution is 7.20. The lowest BCUT2D eigenvalue weighted by Crippen LogP contribution is -1.95. The Labute approximate surface area is 84.0 Å². The summed E-state index contributed by atoms with van der Waals surface area (Å²) in [4.78, 5) is 14.7. The van der Waals surface area contributed by atoms with Crippen molar-refractivity contribution >= 4 is 27.5 Å². The SMILES string of the molecule is NCc1cccc2nc(C(=O)O)sc12. The zero-order valence-corrected chi connectivity index (χ0v) is 8.04. The number of hydrogen-bond acceptors (Lipinski definition) is 4. The highest BCUT2D eigenvalue weighted by Gasteiger charge is 2.11. The molecule has 0 bridgehead atoms. The Morgan fingerprint density at radius 2 is 2.36 bits per heavy atom. The van der Waals surface area contributed by atoms with Crippen LogP contribution in [0.3, 0.4) is 0 Å². The van der Waals surface area contributed by atoms with Crippen molar-refractivity contribution in [2.24, 2.45) is 5.73 Å². The number of rotatable bonds is 2. The van der Waals surface area contributed by atoms with Gasteiger partial charge < -0.3 is 10.8 Å². The number of carboxylic acid groups (broad SMARTS) is 1. The minimum atomic E-state index is -0.992. The minimum absolute atomic E-state index is 0.112. The van der Waals surface area contributed by atoms with Gasteiger partial charge in [0.15, 0.2) is 0 Å². The van der Waals surface area contributed by atoms with Crippen molar-refractivity contribution in [3.63, 3.8) is 0 Å². The zero-order valence-electron chi connectivity index (χ0n) is 7.23. The molecule has 0 spiro atoms. The van der Waals surface area contributed by atoms with Crippen molar-refractivity contribution in [1.29, 1.82) is 0 Å². The number of fused-ring (bicyclic) bond motifs is 1. The average Bonchev–Trinajstić information content (AvgIpc) is 2.60. The van der Waals surface area contributed by atoms with Crippen molar-refractivity contribution in [2.45, 2.75) is 6.54 Å². The summed E-state index contributed by atoms with van der Waals surface area (Å²) in [6, 6.07) is 5.50. The van der Waals surface area contributed by atoms with Crippen LogP contribution in [0.25, 0.3) is 10.2 Å². The molecule has 0 fully saturated rings. The summed E-state index contributed by atoms with van der Waals surface area (Å²) in [7, 11) is 0. The number of nitrogens with zero attached hydrogens (tertiary/aromatic N) is 1. The quantitative estimate of drug-likeness (QED) is 0.783. The first kappa shape index (κ1) is 9.11. The molecule has 72 valence electrons. The van der Waals surface area contributed by atoms with E-state index in [9.17, 15) is 4.79 Å². The van der Waals surface area contributed by atoms with Crippen molar-refractivity contribution in [3.8, 4) is 0 Å². The molecule has 0 aliphatic carbocycles. The van der Waals surface area contributed by atoms with Crippen LogP contribution < -0.4 is 5.73 Å². The molecule has 1 aromatic carbocycles. The predicted molar refractivity (Wildman–Crippen MR) is 54.5 cm³/mol. The lowest BCUT2D eigenvalue weighted by Gasteiger charge is -1.95. The molecule has 5 heteroatoms. The van der Waals surface area contributed by atoms with Gasteiger partial charge in [0.25, 0.3) is 0 Å². The van der Waals surface area contributed by atoms with Gasteiger partial charge in [-0.25, -0.2) is 9.78 Å². The van der Waals surface area contributed by atoms with E-state index in [1.165, 1.54) is 11.3 Å². The van der Waals surface area contributed by atoms with Crippen LogP contribution >= 0.6 is 11.3 Å². The molecule has 2 aromatic rings. The van der Waals surface area contributed by atoms with E-state index in [1.807, 2.05) is 12.1 Å². The normalized spacial score (nSPS) is 10.6. The first-order valence-electron chi connectivity index (χ1n) is 4.04. The van der Waals surface area contributed by atoms with E-state index in [0.29, 0.717) is 12.1 Å². The second kappa shape index (κ2) is 3.36.